The highest BCUT2D eigenvalue weighted by atomic mass is 16.4. The first-order valence-corrected chi connectivity index (χ1v) is 7.28. The van der Waals surface area contributed by atoms with E-state index in [1.807, 2.05) is 18.7 Å². The number of urea groups is 1. The smallest absolute Gasteiger partial charge is 0.319 e. The molecule has 0 atom stereocenters. The highest BCUT2D eigenvalue weighted by Crippen LogP contribution is 2.35. The molecule has 1 aliphatic rings. The highest BCUT2D eigenvalue weighted by Gasteiger charge is 2.41. The fourth-order valence-electron chi connectivity index (χ4n) is 2.70. The van der Waals surface area contributed by atoms with Gasteiger partial charge in [-0.15, -0.1) is 0 Å². The predicted octanol–water partition coefficient (Wildman–Crippen LogP) is 2.42. The van der Waals surface area contributed by atoms with Crippen molar-refractivity contribution in [3.05, 3.63) is 0 Å². The molecule has 0 unspecified atom stereocenters. The number of piperidine rings is 1. The number of likely N-dealkylation sites (tertiary alicyclic amines) is 1. The van der Waals surface area contributed by atoms with Crippen LogP contribution in [0.4, 0.5) is 4.79 Å². The van der Waals surface area contributed by atoms with E-state index in [1.165, 1.54) is 0 Å². The molecule has 1 N–H and O–H groups in total. The molecule has 0 radical (unpaired) electrons. The van der Waals surface area contributed by atoms with Crippen molar-refractivity contribution in [3.63, 3.8) is 0 Å². The number of nitrogens with zero attached hydrogens (tertiary/aromatic N) is 2. The van der Waals surface area contributed by atoms with Gasteiger partial charge in [-0.3, -0.25) is 4.79 Å². The second-order valence-corrected chi connectivity index (χ2v) is 5.29. The zero-order valence-corrected chi connectivity index (χ0v) is 12.3. The van der Waals surface area contributed by atoms with Crippen LogP contribution in [0, 0.1) is 5.41 Å². The summed E-state index contributed by atoms with van der Waals surface area (Å²) in [5, 5.41) is 9.34. The normalized spacial score (nSPS) is 18.2. The number of carboxylic acids is 1. The topological polar surface area (TPSA) is 60.9 Å². The van der Waals surface area contributed by atoms with Gasteiger partial charge in [-0.25, -0.2) is 4.79 Å². The van der Waals surface area contributed by atoms with Gasteiger partial charge in [0.05, 0.1) is 5.41 Å². The van der Waals surface area contributed by atoms with Crippen LogP contribution in [0.15, 0.2) is 0 Å². The standard InChI is InChI=1S/C14H26N2O3/c1-4-9-15(6-3)13(19)16-10-7-14(5-2,8-11-16)12(17)18/h4-11H2,1-3H3,(H,17,18). The van der Waals surface area contributed by atoms with Gasteiger partial charge >= 0.3 is 12.0 Å². The Morgan fingerprint density at radius 2 is 1.79 bits per heavy atom. The van der Waals surface area contributed by atoms with Gasteiger partial charge in [0.15, 0.2) is 0 Å². The SMILES string of the molecule is CCCN(CC)C(=O)N1CCC(CC)(C(=O)O)CC1. The van der Waals surface area contributed by atoms with Crippen molar-refractivity contribution in [1.82, 2.24) is 9.80 Å². The molecule has 19 heavy (non-hydrogen) atoms. The van der Waals surface area contributed by atoms with E-state index in [2.05, 4.69) is 6.92 Å². The Hall–Kier alpha value is -1.26. The molecule has 0 saturated carbocycles. The van der Waals surface area contributed by atoms with E-state index in [0.29, 0.717) is 38.9 Å². The average molecular weight is 270 g/mol. The largest absolute Gasteiger partial charge is 0.481 e. The number of aliphatic carboxylic acids is 1. The molecule has 2 amide bonds. The van der Waals surface area contributed by atoms with Crippen LogP contribution in [0.25, 0.3) is 0 Å². The predicted molar refractivity (Wildman–Crippen MR) is 74.1 cm³/mol. The summed E-state index contributed by atoms with van der Waals surface area (Å²) in [6.45, 7) is 8.54. The van der Waals surface area contributed by atoms with Gasteiger partial charge in [-0.2, -0.15) is 0 Å². The summed E-state index contributed by atoms with van der Waals surface area (Å²) >= 11 is 0. The van der Waals surface area contributed by atoms with Gasteiger partial charge in [-0.1, -0.05) is 13.8 Å². The summed E-state index contributed by atoms with van der Waals surface area (Å²) < 4.78 is 0. The lowest BCUT2D eigenvalue weighted by atomic mass is 9.76. The molecule has 1 aliphatic heterocycles. The number of hydrogen-bond donors (Lipinski definition) is 1. The van der Waals surface area contributed by atoms with Crippen LogP contribution >= 0.6 is 0 Å². The first kappa shape index (κ1) is 15.8. The Balaban J connectivity index is 2.62. The van der Waals surface area contributed by atoms with E-state index >= 15 is 0 Å². The number of carbonyl (C=O) groups excluding carboxylic acids is 1. The Bertz CT molecular complexity index is 323. The molecular weight excluding hydrogens is 244 g/mol. The van der Waals surface area contributed by atoms with E-state index in [-0.39, 0.29) is 6.03 Å². The number of carbonyl (C=O) groups is 2. The first-order valence-electron chi connectivity index (χ1n) is 7.28. The Morgan fingerprint density at radius 3 is 2.16 bits per heavy atom. The van der Waals surface area contributed by atoms with E-state index in [0.717, 1.165) is 13.0 Å². The van der Waals surface area contributed by atoms with Crippen molar-refractivity contribution in [1.29, 1.82) is 0 Å². The van der Waals surface area contributed by atoms with E-state index < -0.39 is 11.4 Å². The molecule has 0 aliphatic carbocycles. The average Bonchev–Trinajstić information content (AvgIpc) is 2.43. The monoisotopic (exact) mass is 270 g/mol. The number of amides is 2. The number of rotatable bonds is 5. The first-order chi connectivity index (χ1) is 9.00. The minimum Gasteiger partial charge on any atom is -0.481 e. The molecule has 5 nitrogen and oxygen atoms in total. The minimum atomic E-state index is -0.719. The van der Waals surface area contributed by atoms with Crippen molar-refractivity contribution in [2.45, 2.75) is 46.5 Å². The highest BCUT2D eigenvalue weighted by molar-refractivity contribution is 5.77. The molecule has 0 aromatic heterocycles. The third kappa shape index (κ3) is 3.39. The third-order valence-electron chi connectivity index (χ3n) is 4.27. The maximum Gasteiger partial charge on any atom is 0.319 e. The quantitative estimate of drug-likeness (QED) is 0.834. The van der Waals surface area contributed by atoms with Crippen molar-refractivity contribution in [2.75, 3.05) is 26.2 Å². The fourth-order valence-corrected chi connectivity index (χ4v) is 2.70. The second-order valence-electron chi connectivity index (χ2n) is 5.29. The van der Waals surface area contributed by atoms with Crippen molar-refractivity contribution >= 4 is 12.0 Å². The van der Waals surface area contributed by atoms with E-state index in [1.54, 1.807) is 4.90 Å². The molecule has 5 heteroatoms. The lowest BCUT2D eigenvalue weighted by Gasteiger charge is -2.40. The van der Waals surface area contributed by atoms with Gasteiger partial charge in [0.1, 0.15) is 0 Å². The molecule has 0 bridgehead atoms. The van der Waals surface area contributed by atoms with Gasteiger partial charge in [0.2, 0.25) is 0 Å². The summed E-state index contributed by atoms with van der Waals surface area (Å²) in [4.78, 5) is 27.3. The van der Waals surface area contributed by atoms with Gasteiger partial charge in [0, 0.05) is 26.2 Å². The van der Waals surface area contributed by atoms with Crippen LogP contribution in [0.1, 0.15) is 46.5 Å². The molecule has 1 saturated heterocycles. The molecule has 110 valence electrons. The van der Waals surface area contributed by atoms with Crippen molar-refractivity contribution < 1.29 is 14.7 Å². The lowest BCUT2D eigenvalue weighted by molar-refractivity contribution is -0.152. The van der Waals surface area contributed by atoms with Crippen LogP contribution in [0.5, 0.6) is 0 Å². The van der Waals surface area contributed by atoms with Crippen LogP contribution in [-0.2, 0) is 4.79 Å². The zero-order chi connectivity index (χ0) is 14.5. The number of hydrogen-bond acceptors (Lipinski definition) is 2. The van der Waals surface area contributed by atoms with Gasteiger partial charge < -0.3 is 14.9 Å². The van der Waals surface area contributed by atoms with Crippen LogP contribution in [-0.4, -0.2) is 53.1 Å². The molecular formula is C14H26N2O3. The van der Waals surface area contributed by atoms with E-state index in [4.69, 9.17) is 0 Å². The summed E-state index contributed by atoms with van der Waals surface area (Å²) in [6.07, 6.45) is 2.71. The third-order valence-corrected chi connectivity index (χ3v) is 4.27. The Morgan fingerprint density at radius 1 is 1.21 bits per heavy atom. The zero-order valence-electron chi connectivity index (χ0n) is 12.3. The van der Waals surface area contributed by atoms with Crippen LogP contribution in [0.3, 0.4) is 0 Å². The molecule has 1 rings (SSSR count). The number of carboxylic acid groups (broad SMARTS) is 1. The molecule has 0 aromatic rings. The molecule has 0 aromatic carbocycles. The lowest BCUT2D eigenvalue weighted by Crippen LogP contribution is -2.50. The maximum atomic E-state index is 12.3. The second kappa shape index (κ2) is 6.78. The van der Waals surface area contributed by atoms with Crippen molar-refractivity contribution in [3.8, 4) is 0 Å². The summed E-state index contributed by atoms with van der Waals surface area (Å²) in [6, 6.07) is 0.0550. The van der Waals surface area contributed by atoms with Gasteiger partial charge in [0.25, 0.3) is 0 Å². The van der Waals surface area contributed by atoms with Crippen LogP contribution in [0.2, 0.25) is 0 Å². The maximum absolute atomic E-state index is 12.3. The van der Waals surface area contributed by atoms with Crippen molar-refractivity contribution in [2.24, 2.45) is 5.41 Å². The van der Waals surface area contributed by atoms with Gasteiger partial charge in [-0.05, 0) is 32.6 Å². The molecule has 1 fully saturated rings. The fraction of sp³-hybridized carbons (Fsp3) is 0.857. The Kier molecular flexibility index (Phi) is 5.63. The molecule has 1 heterocycles. The molecule has 0 spiro atoms. The summed E-state index contributed by atoms with van der Waals surface area (Å²) in [5.41, 5.74) is -0.626. The Labute approximate surface area is 115 Å². The van der Waals surface area contributed by atoms with E-state index in [9.17, 15) is 14.7 Å². The minimum absolute atomic E-state index is 0.0550. The summed E-state index contributed by atoms with van der Waals surface area (Å²) in [7, 11) is 0. The van der Waals surface area contributed by atoms with Crippen LogP contribution < -0.4 is 0 Å². The summed E-state index contributed by atoms with van der Waals surface area (Å²) in [5.74, 6) is -0.719.